The minimum absolute atomic E-state index is 0.143. The summed E-state index contributed by atoms with van der Waals surface area (Å²) in [7, 11) is 2.08. The first-order chi connectivity index (χ1) is 62.2. The van der Waals surface area contributed by atoms with Crippen LogP contribution in [0.1, 0.15) is 122 Å². The molecule has 0 amide bonds. The number of furan rings is 5. The number of pyridine rings is 5. The highest BCUT2D eigenvalue weighted by Gasteiger charge is 2.43. The highest BCUT2D eigenvalue weighted by atomic mass is 16.4. The fourth-order valence-electron chi connectivity index (χ4n) is 18.3. The molecular formula is C99H101N21O5. The largest absolute Gasteiger partial charge is 0.435 e. The van der Waals surface area contributed by atoms with Crippen LogP contribution < -0.4 is 39.2 Å². The topological polar surface area (TPSA) is 240 Å². The van der Waals surface area contributed by atoms with E-state index < -0.39 is 25.2 Å². The summed E-state index contributed by atoms with van der Waals surface area (Å²) in [6.45, 7) is 34.2. The molecule has 0 saturated carbocycles. The number of anilines is 11. The molecule has 0 aliphatic carbocycles. The minimum atomic E-state index is -2.35. The van der Waals surface area contributed by atoms with Crippen LogP contribution in [0.2, 0.25) is 0 Å². The fraction of sp³-hybridized carbons (Fsp3) is 0.283. The average molecular weight is 1670 g/mol. The van der Waals surface area contributed by atoms with E-state index >= 15 is 0 Å². The van der Waals surface area contributed by atoms with Gasteiger partial charge in [-0.25, -0.2) is 54.8 Å². The molecule has 5 aromatic carbocycles. The Labute approximate surface area is 731 Å². The maximum Gasteiger partial charge on any atom is 0.227 e. The molecular weight excluding hydrogens is 1560 g/mol. The molecule has 0 fully saturated rings. The number of fused-ring (bicyclic) bond motifs is 18. The Kier molecular flexibility index (Phi) is 18.7. The van der Waals surface area contributed by atoms with Gasteiger partial charge in [-0.1, -0.05) is 60.7 Å². The van der Waals surface area contributed by atoms with Gasteiger partial charge in [0.2, 0.25) is 28.6 Å². The van der Waals surface area contributed by atoms with Crippen LogP contribution >= 0.6 is 0 Å². The molecule has 0 spiro atoms. The van der Waals surface area contributed by atoms with E-state index in [9.17, 15) is 0 Å². The molecule has 0 unspecified atom stereocenters. The van der Waals surface area contributed by atoms with E-state index in [0.29, 0.717) is 63.5 Å². The molecule has 18 aromatic rings. The second-order valence-electron chi connectivity index (χ2n) is 33.2. The lowest BCUT2D eigenvalue weighted by Crippen LogP contribution is -2.42. The lowest BCUT2D eigenvalue weighted by molar-refractivity contribution is 0.263. The predicted octanol–water partition coefficient (Wildman–Crippen LogP) is 22.7. The number of nitrogens with zero attached hydrogens (tertiary/aromatic N) is 21. The number of aryl methyl sites for hydroxylation is 7. The molecule has 0 bridgehead atoms. The summed E-state index contributed by atoms with van der Waals surface area (Å²) in [5.41, 5.74) is 19.6. The average Bonchev–Trinajstić information content (AvgIpc) is 1.57. The molecule has 0 saturated heterocycles. The van der Waals surface area contributed by atoms with Crippen molar-refractivity contribution in [2.45, 2.75) is 174 Å². The summed E-state index contributed by atoms with van der Waals surface area (Å²) >= 11 is 0. The predicted molar refractivity (Wildman–Crippen MR) is 502 cm³/mol. The van der Waals surface area contributed by atoms with Crippen LogP contribution in [0.25, 0.3) is 110 Å². The quantitative estimate of drug-likeness (QED) is 0.137. The van der Waals surface area contributed by atoms with Crippen molar-refractivity contribution in [2.24, 2.45) is 0 Å². The van der Waals surface area contributed by atoms with Gasteiger partial charge in [-0.2, -0.15) is 0 Å². The number of hydrogen-bond donors (Lipinski definition) is 0. The molecule has 5 aliphatic rings. The highest BCUT2D eigenvalue weighted by Crippen LogP contribution is 2.52. The van der Waals surface area contributed by atoms with E-state index in [1.165, 1.54) is 22.2 Å². The van der Waals surface area contributed by atoms with Crippen molar-refractivity contribution in [3.8, 4) is 0 Å². The van der Waals surface area contributed by atoms with Crippen LogP contribution in [0.5, 0.6) is 0 Å². The third-order valence-electron chi connectivity index (χ3n) is 24.5. The molecule has 18 heterocycles. The highest BCUT2D eigenvalue weighted by molar-refractivity contribution is 6.14. The second-order valence-corrected chi connectivity index (χ2v) is 33.2. The Morgan fingerprint density at radius 1 is 0.312 bits per heavy atom. The van der Waals surface area contributed by atoms with E-state index in [1.807, 2.05) is 131 Å². The number of rotatable bonds is 8. The molecule has 5 atom stereocenters. The smallest absolute Gasteiger partial charge is 0.227 e. The van der Waals surface area contributed by atoms with E-state index in [-0.39, 0.29) is 24.7 Å². The summed E-state index contributed by atoms with van der Waals surface area (Å²) in [6.07, 6.45) is 23.2. The summed E-state index contributed by atoms with van der Waals surface area (Å²) in [4.78, 5) is 69.7. The van der Waals surface area contributed by atoms with Gasteiger partial charge in [-0.05, 0) is 213 Å². The molecule has 23 rings (SSSR count). The zero-order chi connectivity index (χ0) is 91.3. The van der Waals surface area contributed by atoms with Gasteiger partial charge < -0.3 is 56.4 Å². The van der Waals surface area contributed by atoms with Crippen molar-refractivity contribution < 1.29 is 28.9 Å². The normalized spacial score (nSPS) is 18.0. The van der Waals surface area contributed by atoms with Crippen LogP contribution in [0.15, 0.2) is 224 Å². The van der Waals surface area contributed by atoms with Crippen molar-refractivity contribution in [3.05, 3.63) is 241 Å². The number of aromatic nitrogens is 11. The van der Waals surface area contributed by atoms with Crippen molar-refractivity contribution >= 4 is 174 Å². The lowest BCUT2D eigenvalue weighted by Gasteiger charge is -2.33. The molecule has 5 aliphatic heterocycles. The van der Waals surface area contributed by atoms with Gasteiger partial charge in [-0.15, -0.1) is 0 Å². The first kappa shape index (κ1) is 74.4. The van der Waals surface area contributed by atoms with Crippen LogP contribution in [0.4, 0.5) is 63.3 Å². The summed E-state index contributed by atoms with van der Waals surface area (Å²) in [6, 6.07) is 39.7. The van der Waals surface area contributed by atoms with Crippen molar-refractivity contribution in [1.29, 1.82) is 0 Å². The zero-order valence-electron chi connectivity index (χ0n) is 78.4. The van der Waals surface area contributed by atoms with E-state index in [4.69, 9.17) is 28.9 Å². The van der Waals surface area contributed by atoms with Crippen LogP contribution in [-0.4, -0.2) is 128 Å². The summed E-state index contributed by atoms with van der Waals surface area (Å²) < 4.78 is 72.0. The van der Waals surface area contributed by atoms with Gasteiger partial charge in [-0.3, -0.25) is 14.7 Å². The first-order valence-corrected chi connectivity index (χ1v) is 42.2. The Balaban J connectivity index is 0.000000106. The minimum Gasteiger partial charge on any atom is -0.435 e. The zero-order valence-corrected chi connectivity index (χ0v) is 73.4. The Bertz CT molecular complexity index is 7100. The monoisotopic (exact) mass is 1670 g/mol. The molecule has 13 aromatic heterocycles. The van der Waals surface area contributed by atoms with Gasteiger partial charge in [0.05, 0.1) is 31.2 Å². The molecule has 26 heteroatoms. The van der Waals surface area contributed by atoms with Gasteiger partial charge >= 0.3 is 0 Å². The molecule has 632 valence electrons. The summed E-state index contributed by atoms with van der Waals surface area (Å²) in [5.74, 6) is 3.72. The van der Waals surface area contributed by atoms with Gasteiger partial charge in [0.15, 0.2) is 62.8 Å². The Morgan fingerprint density at radius 3 is 0.976 bits per heavy atom. The first-order valence-electron chi connectivity index (χ1n) is 44.7. The SMILES string of the molecule is Cc1ccc2c(n1)oc1c(N3C=CN(C(C)C)[C@@H]3C)c(C)ccc12.Cc1ccc2c(n1)oc1c(N3C=CN(C)[C@@H]3C)c(C)ccc12.[2H]C(C)(C)N1c2nccnc2N(c2c(C)ccc3c2oc2ncccc23)[C@H]1C.[2H]C(C)(C)N1c2nccnc2N(c2c(C)ccc3c2oc2ncccc23)[C@H]1C.[2H]C([2H])([2H])N1c2nccnc2N(c2c(C)ccc3c2oc2ncccc23)[C@H]1C. The van der Waals surface area contributed by atoms with Crippen molar-refractivity contribution in [1.82, 2.24) is 64.6 Å². The van der Waals surface area contributed by atoms with Crippen LogP contribution in [0.3, 0.4) is 0 Å². The molecule has 125 heavy (non-hydrogen) atoms. The number of hydrogen-bond acceptors (Lipinski definition) is 26. The molecule has 0 N–H and O–H groups in total. The molecule has 0 radical (unpaired) electrons. The fourth-order valence-corrected chi connectivity index (χ4v) is 18.3. The van der Waals surface area contributed by atoms with E-state index in [0.717, 1.165) is 144 Å². The van der Waals surface area contributed by atoms with Gasteiger partial charge in [0.25, 0.3) is 0 Å². The van der Waals surface area contributed by atoms with Crippen LogP contribution in [-0.2, 0) is 0 Å². The Morgan fingerprint density at radius 2 is 0.624 bits per heavy atom. The standard InChI is InChI=1S/2C21H21N5O.C20H23N3O.C19H17N5O.C18H19N3O/c2*1-12(2)25-14(4)26(20-19(25)22-10-11-23-20)17-13(3)7-8-15-16-6-5-9-24-21(16)27-18(15)17;1-12(2)22-10-11-23(15(22)5)18-13(3)6-8-16-17-9-7-14(4)21-20(17)24-19(16)18;1-11-6-7-13-14-5-4-8-22-19(14)25-16(13)15(11)24-12(2)23(3)17-18(24)21-10-9-20-17;1-11-5-7-14-15-8-6-12(2)19-18(15)22-17(14)16(11)21-10-9-20(4)13(21)3/h2*5-12,14H,1-4H3;6-12,15H,1-5H3;4-10,12H,1-3H3;5-10,13H,1-4H3/t2*14-;15-;12-;13-/m00000/s1/i2*12D;;3D3;. The van der Waals surface area contributed by atoms with Crippen molar-refractivity contribution in [2.75, 3.05) is 53.2 Å². The third kappa shape index (κ3) is 13.3. The van der Waals surface area contributed by atoms with Gasteiger partial charge in [0.1, 0.15) is 30.8 Å². The maximum atomic E-state index is 8.65. The lowest BCUT2D eigenvalue weighted by atomic mass is 10.1. The number of benzene rings is 5. The van der Waals surface area contributed by atoms with Crippen molar-refractivity contribution in [3.63, 3.8) is 0 Å². The van der Waals surface area contributed by atoms with Crippen LogP contribution in [0, 0.1) is 48.5 Å². The van der Waals surface area contributed by atoms with E-state index in [2.05, 4.69) is 246 Å². The maximum absolute atomic E-state index is 8.65. The van der Waals surface area contributed by atoms with Gasteiger partial charge in [0, 0.05) is 182 Å². The summed E-state index contributed by atoms with van der Waals surface area (Å²) in [5, 5.41) is 10.3. The third-order valence-corrected chi connectivity index (χ3v) is 24.5. The molecule has 26 nitrogen and oxygen atoms in total. The second kappa shape index (κ2) is 31.5. The Hall–Kier alpha value is -14.4. The van der Waals surface area contributed by atoms with E-state index in [1.54, 1.807) is 49.6 Å².